The predicted octanol–water partition coefficient (Wildman–Crippen LogP) is 3.76. The van der Waals surface area contributed by atoms with E-state index in [1.54, 1.807) is 31.2 Å². The summed E-state index contributed by atoms with van der Waals surface area (Å²) in [5.41, 5.74) is 1.20. The quantitative estimate of drug-likeness (QED) is 0.330. The van der Waals surface area contributed by atoms with Gasteiger partial charge in [0.1, 0.15) is 0 Å². The van der Waals surface area contributed by atoms with Crippen molar-refractivity contribution in [2.75, 3.05) is 6.79 Å². The Morgan fingerprint density at radius 3 is 2.94 bits per heavy atom. The average Bonchev–Trinajstić information content (AvgIpc) is 3.22. The summed E-state index contributed by atoms with van der Waals surface area (Å²) in [5.74, 6) is 1.19. The number of carbonyl (C=O) groups excluding carboxylic acids is 1. The van der Waals surface area contributed by atoms with E-state index in [0.717, 1.165) is 5.56 Å². The van der Waals surface area contributed by atoms with Crippen molar-refractivity contribution in [3.63, 3.8) is 0 Å². The molecule has 31 heavy (non-hydrogen) atoms. The molecule has 1 amide bonds. The van der Waals surface area contributed by atoms with Crippen LogP contribution in [-0.4, -0.2) is 27.5 Å². The van der Waals surface area contributed by atoms with Crippen molar-refractivity contribution in [3.05, 3.63) is 70.0 Å². The van der Waals surface area contributed by atoms with Crippen molar-refractivity contribution in [1.82, 2.24) is 14.9 Å². The van der Waals surface area contributed by atoms with Crippen LogP contribution in [0.1, 0.15) is 12.5 Å². The highest BCUT2D eigenvalue weighted by atomic mass is 35.5. The van der Waals surface area contributed by atoms with Gasteiger partial charge in [0.15, 0.2) is 16.7 Å². The third kappa shape index (κ3) is 4.55. The van der Waals surface area contributed by atoms with Crippen LogP contribution < -0.4 is 20.3 Å². The number of nitrogens with zero attached hydrogens (tertiary/aromatic N) is 2. The molecule has 7 nitrogen and oxygen atoms in total. The molecule has 0 bridgehead atoms. The van der Waals surface area contributed by atoms with Crippen LogP contribution in [0.2, 0.25) is 5.02 Å². The molecule has 0 saturated carbocycles. The Labute approximate surface area is 188 Å². The molecule has 2 heterocycles. The monoisotopic (exact) mass is 457 g/mol. The van der Waals surface area contributed by atoms with Gasteiger partial charge in [-0.3, -0.25) is 14.2 Å². The van der Waals surface area contributed by atoms with Gasteiger partial charge in [0.25, 0.3) is 5.56 Å². The Bertz CT molecular complexity index is 1230. The first-order valence-electron chi connectivity index (χ1n) is 9.60. The lowest BCUT2D eigenvalue weighted by Gasteiger charge is -2.15. The third-order valence-electron chi connectivity index (χ3n) is 4.75. The Kier molecular flexibility index (Phi) is 6.20. The van der Waals surface area contributed by atoms with E-state index in [1.165, 1.54) is 16.3 Å². The van der Waals surface area contributed by atoms with E-state index < -0.39 is 5.25 Å². The maximum atomic E-state index is 12.9. The molecule has 160 valence electrons. The Hall–Kier alpha value is -2.97. The van der Waals surface area contributed by atoms with E-state index in [2.05, 4.69) is 16.9 Å². The number of hydrogen-bond donors (Lipinski definition) is 1. The number of halogens is 1. The van der Waals surface area contributed by atoms with Crippen molar-refractivity contribution in [2.24, 2.45) is 0 Å². The minimum Gasteiger partial charge on any atom is -0.454 e. The number of aromatic nitrogens is 2. The number of fused-ring (bicyclic) bond motifs is 2. The molecule has 2 aromatic carbocycles. The Morgan fingerprint density at radius 2 is 2.13 bits per heavy atom. The molecular weight excluding hydrogens is 438 g/mol. The van der Waals surface area contributed by atoms with Gasteiger partial charge in [-0.15, -0.1) is 6.58 Å². The van der Waals surface area contributed by atoms with Gasteiger partial charge in [-0.2, -0.15) is 0 Å². The highest BCUT2D eigenvalue weighted by Crippen LogP contribution is 2.32. The number of benzene rings is 2. The lowest BCUT2D eigenvalue weighted by Crippen LogP contribution is -2.31. The van der Waals surface area contributed by atoms with Crippen LogP contribution in [0.3, 0.4) is 0 Å². The first kappa shape index (κ1) is 21.3. The van der Waals surface area contributed by atoms with Gasteiger partial charge in [-0.05, 0) is 42.8 Å². The Balaban J connectivity index is 1.50. The van der Waals surface area contributed by atoms with Crippen LogP contribution in [0.5, 0.6) is 11.5 Å². The fraction of sp³-hybridized carbons (Fsp3) is 0.227. The lowest BCUT2D eigenvalue weighted by atomic mass is 10.2. The number of ether oxygens (including phenoxy) is 2. The zero-order chi connectivity index (χ0) is 22.0. The van der Waals surface area contributed by atoms with Crippen molar-refractivity contribution < 1.29 is 14.3 Å². The molecule has 0 radical (unpaired) electrons. The first-order chi connectivity index (χ1) is 15.0. The summed E-state index contributed by atoms with van der Waals surface area (Å²) in [5, 5.41) is 3.83. The second kappa shape index (κ2) is 9.03. The number of carbonyl (C=O) groups is 1. The molecule has 1 unspecified atom stereocenters. The topological polar surface area (TPSA) is 82.5 Å². The smallest absolute Gasteiger partial charge is 0.262 e. The van der Waals surface area contributed by atoms with Gasteiger partial charge in [0.2, 0.25) is 12.7 Å². The molecule has 3 aromatic rings. The number of nitrogens with one attached hydrogen (secondary N) is 1. The van der Waals surface area contributed by atoms with Gasteiger partial charge < -0.3 is 14.8 Å². The second-order valence-electron chi connectivity index (χ2n) is 6.93. The molecule has 1 N–H and O–H groups in total. The number of rotatable bonds is 7. The zero-order valence-electron chi connectivity index (χ0n) is 16.8. The Morgan fingerprint density at radius 1 is 1.32 bits per heavy atom. The van der Waals surface area contributed by atoms with E-state index in [9.17, 15) is 9.59 Å². The summed E-state index contributed by atoms with van der Waals surface area (Å²) >= 11 is 7.28. The minimum absolute atomic E-state index is 0.173. The fourth-order valence-corrected chi connectivity index (χ4v) is 4.26. The number of thioether (sulfide) groups is 1. The molecule has 9 heteroatoms. The molecule has 1 aromatic heterocycles. The van der Waals surface area contributed by atoms with Crippen LogP contribution in [0.15, 0.2) is 59.0 Å². The summed E-state index contributed by atoms with van der Waals surface area (Å²) < 4.78 is 12.2. The first-order valence-corrected chi connectivity index (χ1v) is 10.9. The van der Waals surface area contributed by atoms with E-state index >= 15 is 0 Å². The predicted molar refractivity (Wildman–Crippen MR) is 121 cm³/mol. The third-order valence-corrected chi connectivity index (χ3v) is 6.07. The average molecular weight is 458 g/mol. The molecule has 1 aliphatic rings. The van der Waals surface area contributed by atoms with E-state index in [1.807, 2.05) is 18.2 Å². The van der Waals surface area contributed by atoms with Gasteiger partial charge >= 0.3 is 0 Å². The second-order valence-corrected chi connectivity index (χ2v) is 8.67. The molecular formula is C22H20ClN3O4S. The SMILES string of the molecule is C=CCn1c(SC(C)C(=O)NCc2ccc3c(c2)OCO3)nc2cc(Cl)ccc2c1=O. The number of allylic oxidation sites excluding steroid dienone is 1. The number of amides is 1. The zero-order valence-corrected chi connectivity index (χ0v) is 18.3. The van der Waals surface area contributed by atoms with Gasteiger partial charge in [0, 0.05) is 18.1 Å². The standard InChI is InChI=1S/C22H20ClN3O4S/c1-3-8-26-21(28)16-6-5-15(23)10-17(16)25-22(26)31-13(2)20(27)24-11-14-4-7-18-19(9-14)30-12-29-18/h3-7,9-10,13H,1,8,11-12H2,2H3,(H,24,27). The largest absolute Gasteiger partial charge is 0.454 e. The number of hydrogen-bond acceptors (Lipinski definition) is 6. The minimum atomic E-state index is -0.478. The fourth-order valence-electron chi connectivity index (χ4n) is 3.15. The molecule has 0 aliphatic carbocycles. The highest BCUT2D eigenvalue weighted by Gasteiger charge is 2.20. The summed E-state index contributed by atoms with van der Waals surface area (Å²) in [6.45, 7) is 6.33. The van der Waals surface area contributed by atoms with E-state index in [4.69, 9.17) is 21.1 Å². The molecule has 0 fully saturated rings. The van der Waals surface area contributed by atoms with Gasteiger partial charge in [0.05, 0.1) is 16.2 Å². The molecule has 1 atom stereocenters. The van der Waals surface area contributed by atoms with Crippen molar-refractivity contribution in [2.45, 2.75) is 30.4 Å². The molecule has 1 aliphatic heterocycles. The van der Waals surface area contributed by atoms with Crippen LogP contribution in [0.4, 0.5) is 0 Å². The normalized spacial score (nSPS) is 13.2. The van der Waals surface area contributed by atoms with Gasteiger partial charge in [-0.1, -0.05) is 35.5 Å². The summed E-state index contributed by atoms with van der Waals surface area (Å²) in [6, 6.07) is 10.5. The molecule has 4 rings (SSSR count). The van der Waals surface area contributed by atoms with Crippen LogP contribution in [-0.2, 0) is 17.9 Å². The van der Waals surface area contributed by atoms with Crippen LogP contribution in [0.25, 0.3) is 10.9 Å². The highest BCUT2D eigenvalue weighted by molar-refractivity contribution is 8.00. The van der Waals surface area contributed by atoms with Gasteiger partial charge in [-0.25, -0.2) is 4.98 Å². The summed E-state index contributed by atoms with van der Waals surface area (Å²) in [4.78, 5) is 30.2. The summed E-state index contributed by atoms with van der Waals surface area (Å²) in [6.07, 6.45) is 1.62. The van der Waals surface area contributed by atoms with Crippen molar-refractivity contribution in [3.8, 4) is 11.5 Å². The van der Waals surface area contributed by atoms with Crippen LogP contribution >= 0.6 is 23.4 Å². The molecule has 0 saturated heterocycles. The van der Waals surface area contributed by atoms with Crippen molar-refractivity contribution >= 4 is 40.2 Å². The van der Waals surface area contributed by atoms with E-state index in [0.29, 0.717) is 39.1 Å². The summed E-state index contributed by atoms with van der Waals surface area (Å²) in [7, 11) is 0. The maximum absolute atomic E-state index is 12.9. The molecule has 0 spiro atoms. The van der Waals surface area contributed by atoms with Crippen molar-refractivity contribution in [1.29, 1.82) is 0 Å². The maximum Gasteiger partial charge on any atom is 0.262 e. The van der Waals surface area contributed by atoms with E-state index in [-0.39, 0.29) is 24.8 Å². The van der Waals surface area contributed by atoms with Crippen LogP contribution in [0, 0.1) is 0 Å². The lowest BCUT2D eigenvalue weighted by molar-refractivity contribution is -0.120.